The largest absolute Gasteiger partial charge is 0.395 e. The summed E-state index contributed by atoms with van der Waals surface area (Å²) in [7, 11) is 0. The molecular weight excluding hydrogens is 256 g/mol. The van der Waals surface area contributed by atoms with Crippen molar-refractivity contribution in [2.75, 3.05) is 13.2 Å². The Morgan fingerprint density at radius 2 is 2.15 bits per heavy atom. The fourth-order valence-corrected chi connectivity index (χ4v) is 2.82. The molecule has 20 heavy (non-hydrogen) atoms. The first kappa shape index (κ1) is 15.0. The monoisotopic (exact) mass is 280 g/mol. The average molecular weight is 280 g/mol. The number of hydrogen-bond acceptors (Lipinski definition) is 4. The van der Waals surface area contributed by atoms with Crippen LogP contribution >= 0.6 is 0 Å². The van der Waals surface area contributed by atoms with Gasteiger partial charge >= 0.3 is 0 Å². The van der Waals surface area contributed by atoms with E-state index < -0.39 is 0 Å². The highest BCUT2D eigenvalue weighted by Gasteiger charge is 2.28. The summed E-state index contributed by atoms with van der Waals surface area (Å²) in [4.78, 5) is 18.5. The minimum absolute atomic E-state index is 0.0194. The van der Waals surface area contributed by atoms with E-state index in [0.717, 1.165) is 44.3 Å². The Kier molecular flexibility index (Phi) is 5.52. The second-order valence-corrected chi connectivity index (χ2v) is 5.37. The van der Waals surface area contributed by atoms with Crippen LogP contribution in [0.15, 0.2) is 0 Å². The van der Waals surface area contributed by atoms with Gasteiger partial charge in [-0.1, -0.05) is 26.2 Å². The van der Waals surface area contributed by atoms with E-state index in [1.807, 2.05) is 0 Å². The Morgan fingerprint density at radius 1 is 1.40 bits per heavy atom. The number of hydrogen-bond donors (Lipinski definition) is 2. The third kappa shape index (κ3) is 3.56. The molecule has 0 unspecified atom stereocenters. The molecule has 0 spiro atoms. The number of aliphatic hydroxyl groups is 1. The van der Waals surface area contributed by atoms with Gasteiger partial charge in [0.25, 0.3) is 5.91 Å². The van der Waals surface area contributed by atoms with Crippen molar-refractivity contribution in [3.8, 4) is 0 Å². The molecule has 6 heteroatoms. The van der Waals surface area contributed by atoms with Crippen molar-refractivity contribution in [3.05, 3.63) is 11.6 Å². The van der Waals surface area contributed by atoms with Crippen LogP contribution in [0.25, 0.3) is 0 Å². The molecule has 0 bridgehead atoms. The number of rotatable bonds is 6. The topological polar surface area (TPSA) is 82.1 Å². The highest BCUT2D eigenvalue weighted by Crippen LogP contribution is 2.23. The van der Waals surface area contributed by atoms with E-state index in [0.29, 0.717) is 6.54 Å². The number of H-pyrrole nitrogens is 1. The fourth-order valence-electron chi connectivity index (χ4n) is 2.82. The van der Waals surface area contributed by atoms with Crippen LogP contribution in [0.4, 0.5) is 0 Å². The summed E-state index contributed by atoms with van der Waals surface area (Å²) < 4.78 is 0. The molecule has 0 aromatic carbocycles. The zero-order chi connectivity index (χ0) is 14.4. The summed E-state index contributed by atoms with van der Waals surface area (Å²) in [6.45, 7) is 2.40. The number of nitrogens with one attached hydrogen (secondary N) is 1. The Balaban J connectivity index is 2.08. The van der Waals surface area contributed by atoms with E-state index in [2.05, 4.69) is 22.1 Å². The molecule has 112 valence electrons. The smallest absolute Gasteiger partial charge is 0.293 e. The van der Waals surface area contributed by atoms with Crippen molar-refractivity contribution in [1.29, 1.82) is 0 Å². The molecule has 1 aliphatic rings. The Bertz CT molecular complexity index is 427. The van der Waals surface area contributed by atoms with Crippen LogP contribution in [0.3, 0.4) is 0 Å². The normalized spacial score (nSPS) is 16.3. The zero-order valence-electron chi connectivity index (χ0n) is 12.1. The molecule has 2 N–H and O–H groups in total. The van der Waals surface area contributed by atoms with Gasteiger partial charge in [0.15, 0.2) is 0 Å². The third-order valence-corrected chi connectivity index (χ3v) is 3.83. The number of amides is 1. The fraction of sp³-hybridized carbons (Fsp3) is 0.786. The summed E-state index contributed by atoms with van der Waals surface area (Å²) >= 11 is 0. The molecule has 1 amide bonds. The van der Waals surface area contributed by atoms with Crippen molar-refractivity contribution < 1.29 is 9.90 Å². The molecule has 1 heterocycles. The van der Waals surface area contributed by atoms with Crippen molar-refractivity contribution >= 4 is 5.91 Å². The minimum atomic E-state index is -0.162. The first-order valence-electron chi connectivity index (χ1n) is 7.59. The van der Waals surface area contributed by atoms with Gasteiger partial charge in [0.05, 0.1) is 6.61 Å². The van der Waals surface area contributed by atoms with E-state index in [4.69, 9.17) is 0 Å². The van der Waals surface area contributed by atoms with Crippen LogP contribution in [0, 0.1) is 0 Å². The first-order chi connectivity index (χ1) is 9.76. The van der Waals surface area contributed by atoms with Gasteiger partial charge in [0.1, 0.15) is 5.82 Å². The predicted molar refractivity (Wildman–Crippen MR) is 75.4 cm³/mol. The zero-order valence-corrected chi connectivity index (χ0v) is 12.1. The number of aromatic nitrogens is 3. The maximum atomic E-state index is 12.5. The van der Waals surface area contributed by atoms with Gasteiger partial charge in [-0.05, 0) is 19.3 Å². The molecule has 1 aromatic heterocycles. The van der Waals surface area contributed by atoms with Gasteiger partial charge in [-0.15, -0.1) is 5.10 Å². The number of carbonyl (C=O) groups excluding carboxylic acids is 1. The number of carbonyl (C=O) groups is 1. The van der Waals surface area contributed by atoms with E-state index in [1.54, 1.807) is 4.90 Å². The van der Waals surface area contributed by atoms with Gasteiger partial charge in [-0.3, -0.25) is 9.89 Å². The molecule has 0 saturated heterocycles. The molecule has 1 aromatic rings. The van der Waals surface area contributed by atoms with Crippen molar-refractivity contribution in [3.63, 3.8) is 0 Å². The standard InChI is InChI=1S/C14H24N4O2/c1-2-6-12-15-13(17-16-12)14(20)18(9-10-19)11-7-4-3-5-8-11/h11,19H,2-10H2,1H3,(H,15,16,17). The predicted octanol–water partition coefficient (Wildman–Crippen LogP) is 1.52. The summed E-state index contributed by atoms with van der Waals surface area (Å²) in [5.74, 6) is 0.820. The SMILES string of the molecule is CCCc1nc(C(=O)N(CCO)C2CCCCC2)n[nH]1. The van der Waals surface area contributed by atoms with Gasteiger partial charge in [-0.2, -0.15) is 0 Å². The van der Waals surface area contributed by atoms with Gasteiger partial charge < -0.3 is 10.0 Å². The van der Waals surface area contributed by atoms with Gasteiger partial charge in [0, 0.05) is 19.0 Å². The van der Waals surface area contributed by atoms with E-state index in [-0.39, 0.29) is 24.4 Å². The van der Waals surface area contributed by atoms with Crippen LogP contribution in [0.1, 0.15) is 61.9 Å². The van der Waals surface area contributed by atoms with E-state index in [1.165, 1.54) is 6.42 Å². The number of nitrogens with zero attached hydrogens (tertiary/aromatic N) is 3. The maximum Gasteiger partial charge on any atom is 0.293 e. The summed E-state index contributed by atoms with van der Waals surface area (Å²) in [6.07, 6.45) is 7.31. The Labute approximate surface area is 119 Å². The molecule has 1 fully saturated rings. The molecule has 0 atom stereocenters. The quantitative estimate of drug-likeness (QED) is 0.827. The van der Waals surface area contributed by atoms with Crippen molar-refractivity contribution in [2.24, 2.45) is 0 Å². The second kappa shape index (κ2) is 7.38. The second-order valence-electron chi connectivity index (χ2n) is 5.37. The third-order valence-electron chi connectivity index (χ3n) is 3.83. The lowest BCUT2D eigenvalue weighted by Gasteiger charge is -2.33. The highest BCUT2D eigenvalue weighted by atomic mass is 16.3. The summed E-state index contributed by atoms with van der Waals surface area (Å²) in [6, 6.07) is 0.219. The molecule has 2 rings (SSSR count). The van der Waals surface area contributed by atoms with E-state index >= 15 is 0 Å². The lowest BCUT2D eigenvalue weighted by molar-refractivity contribution is 0.0573. The summed E-state index contributed by atoms with van der Waals surface area (Å²) in [5, 5.41) is 16.1. The molecule has 1 aliphatic carbocycles. The highest BCUT2D eigenvalue weighted by molar-refractivity contribution is 5.90. The lowest BCUT2D eigenvalue weighted by atomic mass is 9.94. The lowest BCUT2D eigenvalue weighted by Crippen LogP contribution is -2.43. The average Bonchev–Trinajstić information content (AvgIpc) is 2.94. The van der Waals surface area contributed by atoms with Gasteiger partial charge in [-0.25, -0.2) is 4.98 Å². The molecule has 0 radical (unpaired) electrons. The Morgan fingerprint density at radius 3 is 2.80 bits per heavy atom. The Hall–Kier alpha value is -1.43. The number of aliphatic hydroxyl groups excluding tert-OH is 1. The number of aryl methyl sites for hydroxylation is 1. The van der Waals surface area contributed by atoms with Crippen LogP contribution in [-0.4, -0.2) is 50.3 Å². The van der Waals surface area contributed by atoms with Crippen LogP contribution in [0.5, 0.6) is 0 Å². The number of aromatic amines is 1. The van der Waals surface area contributed by atoms with Crippen molar-refractivity contribution in [1.82, 2.24) is 20.1 Å². The molecule has 0 aliphatic heterocycles. The maximum absolute atomic E-state index is 12.5. The summed E-state index contributed by atoms with van der Waals surface area (Å²) in [5.41, 5.74) is 0. The van der Waals surface area contributed by atoms with E-state index in [9.17, 15) is 9.90 Å². The molecule has 6 nitrogen and oxygen atoms in total. The van der Waals surface area contributed by atoms with Crippen molar-refractivity contribution in [2.45, 2.75) is 57.9 Å². The minimum Gasteiger partial charge on any atom is -0.395 e. The van der Waals surface area contributed by atoms with Crippen LogP contribution in [-0.2, 0) is 6.42 Å². The molecular formula is C14H24N4O2. The van der Waals surface area contributed by atoms with Crippen LogP contribution in [0.2, 0.25) is 0 Å². The first-order valence-corrected chi connectivity index (χ1v) is 7.59. The van der Waals surface area contributed by atoms with Gasteiger partial charge in [0.2, 0.25) is 5.82 Å². The van der Waals surface area contributed by atoms with Crippen LogP contribution < -0.4 is 0 Å². The molecule has 1 saturated carbocycles.